The quantitative estimate of drug-likeness (QED) is 0.453. The molecule has 0 fully saturated rings. The van der Waals surface area contributed by atoms with Crippen LogP contribution in [0.1, 0.15) is 6.92 Å². The van der Waals surface area contributed by atoms with Gasteiger partial charge in [-0.1, -0.05) is 5.92 Å². The molecule has 0 saturated carbocycles. The molecule has 0 amide bonds. The fourth-order valence-electron chi connectivity index (χ4n) is 0.794. The Hall–Kier alpha value is -5.85. The summed E-state index contributed by atoms with van der Waals surface area (Å²) in [7, 11) is 0. The Morgan fingerprint density at radius 2 is 0.464 bits per heavy atom. The lowest BCUT2D eigenvalue weighted by Crippen LogP contribution is -1.57. The van der Waals surface area contributed by atoms with Crippen molar-refractivity contribution < 1.29 is 0 Å². The van der Waals surface area contributed by atoms with Gasteiger partial charge in [0.25, 0.3) is 0 Å². The van der Waals surface area contributed by atoms with Crippen LogP contribution in [0.4, 0.5) is 0 Å². The highest BCUT2D eigenvalue weighted by atomic mass is 13.6. The highest BCUT2D eigenvalue weighted by molar-refractivity contribution is 5.48. The summed E-state index contributed by atoms with van der Waals surface area (Å²) in [4.78, 5) is 0. The van der Waals surface area contributed by atoms with E-state index in [9.17, 15) is 0 Å². The Balaban J connectivity index is 4.44. The topological polar surface area (TPSA) is 0 Å². The summed E-state index contributed by atoms with van der Waals surface area (Å²) in [5.41, 5.74) is 0. The van der Waals surface area contributed by atoms with E-state index in [0.29, 0.717) is 0 Å². The lowest BCUT2D eigenvalue weighted by atomic mass is 10.4. The van der Waals surface area contributed by atoms with E-state index in [0.717, 1.165) is 0 Å². The Morgan fingerprint density at radius 3 is 0.643 bits per heavy atom. The van der Waals surface area contributed by atoms with Gasteiger partial charge in [-0.2, -0.15) is 6.92 Å². The molecule has 0 aliphatic carbocycles. The maximum Gasteiger partial charge on any atom is 0 e. The van der Waals surface area contributed by atoms with Crippen LogP contribution in [0.25, 0.3) is 0 Å². The normalized spacial score (nSPS) is 3.89. The maximum absolute atomic E-state index is 3.31. The third-order valence-corrected chi connectivity index (χ3v) is 1.65. The van der Waals surface area contributed by atoms with Gasteiger partial charge in [0.2, 0.25) is 0 Å². The lowest BCUT2D eigenvalue weighted by Gasteiger charge is -1.64. The van der Waals surface area contributed by atoms with Gasteiger partial charge in [-0.05, 0) is 102 Å². The minimum atomic E-state index is 1.69. The predicted molar refractivity (Wildman–Crippen MR) is 112 cm³/mol. The molecule has 0 aliphatic heterocycles. The molecular weight excluding hydrogens is 336 g/mol. The summed E-state index contributed by atoms with van der Waals surface area (Å²) in [6, 6.07) is 0. The first-order valence-electron chi connectivity index (χ1n) is 7.10. The van der Waals surface area contributed by atoms with Crippen molar-refractivity contribution in [3.05, 3.63) is 6.92 Å². The van der Waals surface area contributed by atoms with E-state index in [2.05, 4.69) is 161 Å². The molecule has 0 aromatic carbocycles. The minimum absolute atomic E-state index is 1.69. The largest absolute Gasteiger partial charge is 0.284 e. The molecule has 0 heterocycles. The van der Waals surface area contributed by atoms with Crippen LogP contribution in [0.3, 0.4) is 0 Å². The molecule has 0 nitrogen and oxygen atoms in total. The van der Waals surface area contributed by atoms with Crippen molar-refractivity contribution in [2.45, 2.75) is 6.92 Å². The minimum Gasteiger partial charge on any atom is -0.284 e. The van der Waals surface area contributed by atoms with Crippen molar-refractivity contribution in [2.75, 3.05) is 0 Å². The van der Waals surface area contributed by atoms with E-state index >= 15 is 0 Å². The second-order valence-electron chi connectivity index (χ2n) is 3.43. The Bertz CT molecular complexity index is 1310. The SMILES string of the molecule is [CH2-]C#CC#CC#CC#CC#CC#CC#CC#CC#CC#CC#CC#CC#CC. The average molecular weight is 341 g/mol. The zero-order valence-corrected chi connectivity index (χ0v) is 14.7. The Morgan fingerprint density at radius 1 is 0.286 bits per heavy atom. The van der Waals surface area contributed by atoms with Crippen LogP contribution in [0.5, 0.6) is 0 Å². The molecule has 0 rings (SSSR count). The van der Waals surface area contributed by atoms with E-state index in [-0.39, 0.29) is 0 Å². The van der Waals surface area contributed by atoms with Gasteiger partial charge >= 0.3 is 0 Å². The predicted octanol–water partition coefficient (Wildman–Crippen LogP) is 0.885. The first kappa shape index (κ1) is 22.1. The fourth-order valence-corrected chi connectivity index (χ4v) is 0.794. The van der Waals surface area contributed by atoms with E-state index in [1.54, 1.807) is 6.92 Å². The van der Waals surface area contributed by atoms with E-state index in [4.69, 9.17) is 0 Å². The summed E-state index contributed by atoms with van der Waals surface area (Å²) in [5.74, 6) is 65.0. The summed E-state index contributed by atoms with van der Waals surface area (Å²) in [6.45, 7) is 5.00. The van der Waals surface area contributed by atoms with Crippen LogP contribution in [0.2, 0.25) is 0 Å². The van der Waals surface area contributed by atoms with Crippen LogP contribution < -0.4 is 0 Å². The van der Waals surface area contributed by atoms with Crippen LogP contribution in [-0.2, 0) is 0 Å². The molecule has 0 radical (unpaired) electrons. The van der Waals surface area contributed by atoms with Crippen LogP contribution in [-0.4, -0.2) is 0 Å². The summed E-state index contributed by atoms with van der Waals surface area (Å²) < 4.78 is 0. The van der Waals surface area contributed by atoms with Gasteiger partial charge in [0.05, 0.1) is 0 Å². The van der Waals surface area contributed by atoms with Crippen molar-refractivity contribution in [3.63, 3.8) is 0 Å². The number of hydrogen-bond acceptors (Lipinski definition) is 0. The van der Waals surface area contributed by atoms with Gasteiger partial charge in [0.15, 0.2) is 0 Å². The molecular formula is C28H5-. The third kappa shape index (κ3) is 20.1. The number of hydrogen-bond donors (Lipinski definition) is 0. The second-order valence-corrected chi connectivity index (χ2v) is 3.43. The molecule has 0 aromatic rings. The van der Waals surface area contributed by atoms with Crippen LogP contribution >= 0.6 is 0 Å². The molecule has 118 valence electrons. The highest BCUT2D eigenvalue weighted by Crippen LogP contribution is 1.59. The fraction of sp³-hybridized carbons (Fsp3) is 0.0357. The van der Waals surface area contributed by atoms with Crippen molar-refractivity contribution in [2.24, 2.45) is 0 Å². The summed E-state index contributed by atoms with van der Waals surface area (Å²) in [5, 5.41) is 0. The molecule has 0 atom stereocenters. The first-order valence-corrected chi connectivity index (χ1v) is 7.10. The van der Waals surface area contributed by atoms with Gasteiger partial charge in [0, 0.05) is 35.5 Å². The van der Waals surface area contributed by atoms with Gasteiger partial charge in [0.1, 0.15) is 0 Å². The van der Waals surface area contributed by atoms with E-state index in [1.807, 2.05) is 0 Å². The zero-order chi connectivity index (χ0) is 20.4. The Labute approximate surface area is 168 Å². The summed E-state index contributed by atoms with van der Waals surface area (Å²) >= 11 is 0. The van der Waals surface area contributed by atoms with Gasteiger partial charge < -0.3 is 0 Å². The van der Waals surface area contributed by atoms with Gasteiger partial charge in [-0.3, -0.25) is 5.92 Å². The standard InChI is InChI=1S/C28H5/c1-3-5-7-9-11-13-15-17-19-21-23-25-27-28-26-24-22-20-18-16-14-12-10-8-6-4-2/h1H2,2H3/q-1. The monoisotopic (exact) mass is 341 g/mol. The van der Waals surface area contributed by atoms with Gasteiger partial charge in [-0.25, -0.2) is 5.92 Å². The third-order valence-electron chi connectivity index (χ3n) is 1.65. The van der Waals surface area contributed by atoms with Crippen molar-refractivity contribution >= 4 is 0 Å². The van der Waals surface area contributed by atoms with E-state index in [1.165, 1.54) is 0 Å². The average Bonchev–Trinajstić information content (AvgIpc) is 2.71. The molecule has 0 aliphatic rings. The molecule has 0 bridgehead atoms. The summed E-state index contributed by atoms with van der Waals surface area (Å²) in [6.07, 6.45) is 0. The molecule has 0 N–H and O–H groups in total. The van der Waals surface area contributed by atoms with Crippen LogP contribution in [0, 0.1) is 161 Å². The Kier molecular flexibility index (Phi) is 16.7. The smallest absolute Gasteiger partial charge is 0 e. The van der Waals surface area contributed by atoms with Crippen molar-refractivity contribution in [1.82, 2.24) is 0 Å². The molecule has 0 heteroatoms. The zero-order valence-electron chi connectivity index (χ0n) is 14.7. The van der Waals surface area contributed by atoms with Crippen molar-refractivity contribution in [3.8, 4) is 154 Å². The molecule has 0 spiro atoms. The van der Waals surface area contributed by atoms with Crippen molar-refractivity contribution in [1.29, 1.82) is 0 Å². The van der Waals surface area contributed by atoms with Gasteiger partial charge in [-0.15, -0.1) is 5.92 Å². The molecule has 0 unspecified atom stereocenters. The second kappa shape index (κ2) is 21.1. The highest BCUT2D eigenvalue weighted by Gasteiger charge is 1.59. The van der Waals surface area contributed by atoms with Crippen LogP contribution in [0.15, 0.2) is 0 Å². The number of rotatable bonds is 0. The van der Waals surface area contributed by atoms with E-state index < -0.39 is 0 Å². The maximum atomic E-state index is 3.31. The lowest BCUT2D eigenvalue weighted by molar-refractivity contribution is 1.92. The molecule has 0 aromatic heterocycles. The molecule has 28 heavy (non-hydrogen) atoms. The first-order chi connectivity index (χ1) is 13.9. The molecule has 0 saturated heterocycles.